The molecule has 1 fully saturated rings. The largest absolute Gasteiger partial charge is 0.458 e. The summed E-state index contributed by atoms with van der Waals surface area (Å²) in [6, 6.07) is 14.5. The summed E-state index contributed by atoms with van der Waals surface area (Å²) < 4.78 is 10.8. The van der Waals surface area contributed by atoms with Crippen LogP contribution in [0.5, 0.6) is 0 Å². The number of carbonyl (C=O) groups excluding carboxylic acids is 3. The smallest absolute Gasteiger partial charge is 0.354 e. The molecule has 7 nitrogen and oxygen atoms in total. The lowest BCUT2D eigenvalue weighted by Gasteiger charge is -2.48. The molecule has 2 amide bonds. The third-order valence-electron chi connectivity index (χ3n) is 5.71. The first-order valence-electron chi connectivity index (χ1n) is 9.95. The molecule has 1 atom stereocenters. The monoisotopic (exact) mass is 408 g/mol. The molecule has 0 spiro atoms. The van der Waals surface area contributed by atoms with Gasteiger partial charge in [0.2, 0.25) is 11.6 Å². The van der Waals surface area contributed by atoms with Gasteiger partial charge in [-0.25, -0.2) is 4.79 Å². The van der Waals surface area contributed by atoms with Gasteiger partial charge in [0, 0.05) is 26.5 Å². The van der Waals surface area contributed by atoms with Crippen molar-refractivity contribution in [3.8, 4) is 0 Å². The second kappa shape index (κ2) is 7.91. The van der Waals surface area contributed by atoms with E-state index in [0.717, 1.165) is 11.1 Å². The van der Waals surface area contributed by atoms with Crippen molar-refractivity contribution in [2.45, 2.75) is 32.0 Å². The molecule has 7 heteroatoms. The average Bonchev–Trinajstić information content (AvgIpc) is 3.11. The number of rotatable bonds is 6. The Hall–Kier alpha value is -3.19. The minimum Gasteiger partial charge on any atom is -0.458 e. The molecule has 0 N–H and O–H groups in total. The molecule has 0 aromatic heterocycles. The second-order valence-corrected chi connectivity index (χ2v) is 7.57. The normalized spacial score (nSPS) is 20.2. The highest BCUT2D eigenvalue weighted by Crippen LogP contribution is 2.45. The van der Waals surface area contributed by atoms with Gasteiger partial charge >= 0.3 is 5.97 Å². The van der Waals surface area contributed by atoms with Crippen LogP contribution in [0.4, 0.5) is 5.69 Å². The second-order valence-electron chi connectivity index (χ2n) is 7.57. The summed E-state index contributed by atoms with van der Waals surface area (Å²) in [6.07, 6.45) is 0.340. The fourth-order valence-electron chi connectivity index (χ4n) is 4.18. The molecule has 2 aliphatic heterocycles. The quantitative estimate of drug-likeness (QED) is 0.687. The number of hydrogen-bond acceptors (Lipinski definition) is 5. The van der Waals surface area contributed by atoms with E-state index in [1.807, 2.05) is 31.2 Å². The Bertz CT molecular complexity index is 987. The van der Waals surface area contributed by atoms with E-state index in [0.29, 0.717) is 11.3 Å². The lowest BCUT2D eigenvalue weighted by Crippen LogP contribution is -2.68. The fourth-order valence-corrected chi connectivity index (χ4v) is 4.18. The Kier molecular flexibility index (Phi) is 5.30. The molecule has 4 rings (SSSR count). The predicted octanol–water partition coefficient (Wildman–Crippen LogP) is 2.66. The van der Waals surface area contributed by atoms with Gasteiger partial charge in [0.05, 0.1) is 17.9 Å². The van der Waals surface area contributed by atoms with Gasteiger partial charge < -0.3 is 14.4 Å². The Labute approximate surface area is 175 Å². The number of methoxy groups -OCH3 is 1. The first kappa shape index (κ1) is 20.1. The molecule has 2 aromatic carbocycles. The molecule has 0 radical (unpaired) electrons. The number of amides is 2. The third-order valence-corrected chi connectivity index (χ3v) is 5.71. The van der Waals surface area contributed by atoms with Gasteiger partial charge in [0.25, 0.3) is 5.91 Å². The van der Waals surface area contributed by atoms with Gasteiger partial charge in [-0.3, -0.25) is 14.5 Å². The van der Waals surface area contributed by atoms with Crippen LogP contribution in [0.1, 0.15) is 34.3 Å². The van der Waals surface area contributed by atoms with Gasteiger partial charge in [0.1, 0.15) is 6.61 Å². The lowest BCUT2D eigenvalue weighted by molar-refractivity contribution is -0.159. The zero-order valence-corrected chi connectivity index (χ0v) is 17.1. The molecule has 0 aliphatic carbocycles. The number of fused-ring (bicyclic) bond motifs is 3. The Balaban J connectivity index is 1.72. The van der Waals surface area contributed by atoms with Crippen LogP contribution in [0.15, 0.2) is 48.5 Å². The van der Waals surface area contributed by atoms with Crippen LogP contribution < -0.4 is 4.90 Å². The molecule has 0 bridgehead atoms. The van der Waals surface area contributed by atoms with E-state index in [9.17, 15) is 14.4 Å². The van der Waals surface area contributed by atoms with E-state index < -0.39 is 11.6 Å². The summed E-state index contributed by atoms with van der Waals surface area (Å²) in [7, 11) is 1.53. The lowest BCUT2D eigenvalue weighted by atomic mass is 9.96. The molecule has 156 valence electrons. The van der Waals surface area contributed by atoms with E-state index in [1.165, 1.54) is 16.9 Å². The Morgan fingerprint density at radius 3 is 2.57 bits per heavy atom. The average molecular weight is 408 g/mol. The number of carbonyl (C=O) groups is 3. The number of ether oxygens (including phenoxy) is 2. The van der Waals surface area contributed by atoms with Crippen molar-refractivity contribution in [1.29, 1.82) is 0 Å². The summed E-state index contributed by atoms with van der Waals surface area (Å²) in [5, 5.41) is 0. The summed E-state index contributed by atoms with van der Waals surface area (Å²) >= 11 is 0. The fraction of sp³-hybridized carbons (Fsp3) is 0.348. The van der Waals surface area contributed by atoms with Gasteiger partial charge in [-0.1, -0.05) is 42.0 Å². The van der Waals surface area contributed by atoms with Crippen LogP contribution in [-0.4, -0.2) is 48.6 Å². The zero-order valence-electron chi connectivity index (χ0n) is 17.1. The summed E-state index contributed by atoms with van der Waals surface area (Å²) in [6.45, 7) is 2.46. The molecule has 30 heavy (non-hydrogen) atoms. The number of hydrogen-bond donors (Lipinski definition) is 0. The summed E-state index contributed by atoms with van der Waals surface area (Å²) in [5.41, 5.74) is 1.30. The number of esters is 1. The molecule has 2 aromatic rings. The molecule has 2 aliphatic rings. The van der Waals surface area contributed by atoms with Gasteiger partial charge in [-0.15, -0.1) is 0 Å². The van der Waals surface area contributed by atoms with Crippen LogP contribution in [0.25, 0.3) is 0 Å². The number of nitrogens with zero attached hydrogens (tertiary/aromatic N) is 2. The number of anilines is 1. The van der Waals surface area contributed by atoms with Crippen LogP contribution in [0.2, 0.25) is 0 Å². The van der Waals surface area contributed by atoms with Crippen molar-refractivity contribution in [3.63, 3.8) is 0 Å². The van der Waals surface area contributed by atoms with Crippen LogP contribution in [0, 0.1) is 6.92 Å². The van der Waals surface area contributed by atoms with Crippen LogP contribution >= 0.6 is 0 Å². The maximum Gasteiger partial charge on any atom is 0.354 e. The van der Waals surface area contributed by atoms with Crippen LogP contribution in [0.3, 0.4) is 0 Å². The standard InChI is InChI=1S/C23H24N2O5/c1-16-7-9-17(10-8-16)15-30-22(28)23-12-11-20(26)25(23)19-6-4-3-5-18(19)21(27)24(23)13-14-29-2/h3-10H,11-15H2,1-2H3/t23-/m0/s1. The van der Waals surface area contributed by atoms with Crippen molar-refractivity contribution < 1.29 is 23.9 Å². The molecule has 0 saturated carbocycles. The molecule has 0 unspecified atom stereocenters. The SMILES string of the molecule is COCCN1C(=O)c2ccccc2N2C(=O)CC[C@]12C(=O)OCc1ccc(C)cc1. The van der Waals surface area contributed by atoms with Gasteiger partial charge in [-0.05, 0) is 24.6 Å². The minimum absolute atomic E-state index is 0.0663. The van der Waals surface area contributed by atoms with Gasteiger partial charge in [0.15, 0.2) is 0 Å². The number of benzene rings is 2. The Morgan fingerprint density at radius 2 is 1.83 bits per heavy atom. The van der Waals surface area contributed by atoms with Crippen molar-refractivity contribution >= 4 is 23.5 Å². The number of aryl methyl sites for hydroxylation is 1. The van der Waals surface area contributed by atoms with E-state index in [4.69, 9.17) is 9.47 Å². The van der Waals surface area contributed by atoms with E-state index in [-0.39, 0.29) is 44.4 Å². The van der Waals surface area contributed by atoms with Crippen molar-refractivity contribution in [2.75, 3.05) is 25.2 Å². The minimum atomic E-state index is -1.49. The molecular weight excluding hydrogens is 384 g/mol. The van der Waals surface area contributed by atoms with E-state index in [1.54, 1.807) is 24.3 Å². The third kappa shape index (κ3) is 3.15. The highest BCUT2D eigenvalue weighted by molar-refractivity contribution is 6.15. The molecular formula is C23H24N2O5. The van der Waals surface area contributed by atoms with Crippen LogP contribution in [-0.2, 0) is 25.7 Å². The van der Waals surface area contributed by atoms with Crippen molar-refractivity contribution in [3.05, 3.63) is 65.2 Å². The molecule has 1 saturated heterocycles. The van der Waals surface area contributed by atoms with Crippen molar-refractivity contribution in [2.24, 2.45) is 0 Å². The zero-order chi connectivity index (χ0) is 21.3. The predicted molar refractivity (Wildman–Crippen MR) is 110 cm³/mol. The highest BCUT2D eigenvalue weighted by atomic mass is 16.5. The first-order chi connectivity index (χ1) is 14.5. The van der Waals surface area contributed by atoms with Crippen molar-refractivity contribution in [1.82, 2.24) is 4.90 Å². The summed E-state index contributed by atoms with van der Waals surface area (Å²) in [4.78, 5) is 42.5. The Morgan fingerprint density at radius 1 is 1.10 bits per heavy atom. The van der Waals surface area contributed by atoms with Gasteiger partial charge in [-0.2, -0.15) is 0 Å². The van der Waals surface area contributed by atoms with E-state index >= 15 is 0 Å². The molecule has 2 heterocycles. The highest BCUT2D eigenvalue weighted by Gasteiger charge is 2.61. The first-order valence-corrected chi connectivity index (χ1v) is 9.95. The topological polar surface area (TPSA) is 76.2 Å². The van der Waals surface area contributed by atoms with E-state index in [2.05, 4.69) is 0 Å². The maximum absolute atomic E-state index is 13.5. The summed E-state index contributed by atoms with van der Waals surface area (Å²) in [5.74, 6) is -1.11. The maximum atomic E-state index is 13.5. The number of para-hydroxylation sites is 1.